The summed E-state index contributed by atoms with van der Waals surface area (Å²) in [5.41, 5.74) is 6.41. The molecule has 0 aliphatic heterocycles. The van der Waals surface area contributed by atoms with Crippen molar-refractivity contribution in [3.8, 4) is 11.5 Å². The molecule has 1 aromatic rings. The number of hydrogen-bond donors (Lipinski definition) is 1. The Bertz CT molecular complexity index is 473. The van der Waals surface area contributed by atoms with Crippen LogP contribution in [0.25, 0.3) is 0 Å². The highest BCUT2D eigenvalue weighted by Gasteiger charge is 2.39. The Hall–Kier alpha value is -1.14. The van der Waals surface area contributed by atoms with Gasteiger partial charge in [0.05, 0.1) is 0 Å². The number of nitrogens with two attached hydrogens (primary N) is 1. The average Bonchev–Trinajstić information content (AvgIpc) is 2.35. The summed E-state index contributed by atoms with van der Waals surface area (Å²) in [6, 6.07) is 5.26. The van der Waals surface area contributed by atoms with Crippen molar-refractivity contribution in [2.75, 3.05) is 6.61 Å². The number of benzene rings is 1. The number of halogens is 2. The van der Waals surface area contributed by atoms with Gasteiger partial charge >= 0.3 is 0 Å². The molecule has 21 heavy (non-hydrogen) atoms. The second-order valence-electron chi connectivity index (χ2n) is 6.55. The van der Waals surface area contributed by atoms with Crippen molar-refractivity contribution in [3.63, 3.8) is 0 Å². The van der Waals surface area contributed by atoms with Crippen molar-refractivity contribution >= 4 is 8.32 Å². The summed E-state index contributed by atoms with van der Waals surface area (Å²) < 4.78 is 36.1. The molecular weight excluding hydrogens is 292 g/mol. The molecule has 0 amide bonds. The normalized spacial score (nSPS) is 12.6. The molecule has 0 atom stereocenters. The third kappa shape index (κ3) is 4.96. The van der Waals surface area contributed by atoms with Crippen molar-refractivity contribution in [1.82, 2.24) is 0 Å². The molecular formula is C15H25F2NO2Si. The van der Waals surface area contributed by atoms with Gasteiger partial charge < -0.3 is 14.9 Å². The summed E-state index contributed by atoms with van der Waals surface area (Å²) in [5, 5.41) is 0.0134. The van der Waals surface area contributed by atoms with Gasteiger partial charge in [0.1, 0.15) is 12.4 Å². The van der Waals surface area contributed by atoms with Crippen LogP contribution in [0.5, 0.6) is 11.5 Å². The zero-order valence-corrected chi connectivity index (χ0v) is 14.4. The maximum absolute atomic E-state index is 12.4. The van der Waals surface area contributed by atoms with Gasteiger partial charge in [0.15, 0.2) is 5.75 Å². The number of hydrogen-bond acceptors (Lipinski definition) is 3. The molecule has 1 rings (SSSR count). The highest BCUT2D eigenvalue weighted by Crippen LogP contribution is 2.40. The third-order valence-corrected chi connectivity index (χ3v) is 8.12. The summed E-state index contributed by atoms with van der Waals surface area (Å²) in [4.78, 5) is 0. The third-order valence-electron chi connectivity index (χ3n) is 3.78. The number of alkyl halides is 2. The predicted octanol–water partition coefficient (Wildman–Crippen LogP) is 4.17. The molecule has 3 nitrogen and oxygen atoms in total. The standard InChI is InChI=1S/C15H25F2NO2Si/c1-15(2,3)21(4,5)20-12-7-6-11(9-18)8-13(12)19-10-14(16)17/h6-8,14H,9-10,18H2,1-5H3. The van der Waals surface area contributed by atoms with Gasteiger partial charge in [0, 0.05) is 6.54 Å². The van der Waals surface area contributed by atoms with Gasteiger partial charge in [-0.3, -0.25) is 0 Å². The van der Waals surface area contributed by atoms with Gasteiger partial charge in [-0.2, -0.15) is 0 Å². The zero-order chi connectivity index (χ0) is 16.3. The van der Waals surface area contributed by atoms with Crippen LogP contribution in [-0.2, 0) is 6.54 Å². The van der Waals surface area contributed by atoms with Gasteiger partial charge in [-0.05, 0) is 35.8 Å². The van der Waals surface area contributed by atoms with Crippen LogP contribution in [0.2, 0.25) is 18.1 Å². The van der Waals surface area contributed by atoms with Crippen LogP contribution in [0.3, 0.4) is 0 Å². The van der Waals surface area contributed by atoms with E-state index in [-0.39, 0.29) is 5.04 Å². The van der Waals surface area contributed by atoms with Gasteiger partial charge in [-0.15, -0.1) is 0 Å². The van der Waals surface area contributed by atoms with E-state index in [0.717, 1.165) is 5.56 Å². The summed E-state index contributed by atoms with van der Waals surface area (Å²) in [6.45, 7) is 10.2. The first kappa shape index (κ1) is 17.9. The van der Waals surface area contributed by atoms with Crippen molar-refractivity contribution < 1.29 is 17.9 Å². The van der Waals surface area contributed by atoms with Gasteiger partial charge in [0.2, 0.25) is 0 Å². The van der Waals surface area contributed by atoms with E-state index in [1.54, 1.807) is 12.1 Å². The van der Waals surface area contributed by atoms with Crippen LogP contribution in [0.1, 0.15) is 26.3 Å². The Balaban J connectivity index is 3.05. The van der Waals surface area contributed by atoms with Gasteiger partial charge in [0.25, 0.3) is 14.7 Å². The molecule has 0 unspecified atom stereocenters. The molecule has 0 bridgehead atoms. The molecule has 0 aromatic heterocycles. The van der Waals surface area contributed by atoms with Crippen molar-refractivity contribution in [2.45, 2.75) is 51.9 Å². The van der Waals surface area contributed by atoms with E-state index in [4.69, 9.17) is 14.9 Å². The molecule has 0 aliphatic rings. The second-order valence-corrected chi connectivity index (χ2v) is 11.3. The summed E-state index contributed by atoms with van der Waals surface area (Å²) in [5.74, 6) is 0.850. The summed E-state index contributed by atoms with van der Waals surface area (Å²) in [6.07, 6.45) is -2.52. The summed E-state index contributed by atoms with van der Waals surface area (Å²) in [7, 11) is -2.06. The predicted molar refractivity (Wildman–Crippen MR) is 83.7 cm³/mol. The summed E-state index contributed by atoms with van der Waals surface area (Å²) >= 11 is 0. The Kier molecular flexibility index (Phi) is 5.75. The van der Waals surface area contributed by atoms with Crippen LogP contribution >= 0.6 is 0 Å². The van der Waals surface area contributed by atoms with Crippen LogP contribution in [0, 0.1) is 0 Å². The van der Waals surface area contributed by atoms with Crippen LogP contribution in [0.15, 0.2) is 18.2 Å². The first-order valence-electron chi connectivity index (χ1n) is 7.00. The molecule has 0 saturated heterocycles. The van der Waals surface area contributed by atoms with Crippen molar-refractivity contribution in [1.29, 1.82) is 0 Å². The molecule has 0 radical (unpaired) electrons. The van der Waals surface area contributed by atoms with Gasteiger partial charge in [-0.1, -0.05) is 26.8 Å². The van der Waals surface area contributed by atoms with E-state index in [9.17, 15) is 8.78 Å². The fourth-order valence-electron chi connectivity index (χ4n) is 1.46. The van der Waals surface area contributed by atoms with Crippen LogP contribution in [-0.4, -0.2) is 21.3 Å². The SMILES string of the molecule is CC(C)(C)[Si](C)(C)Oc1ccc(CN)cc1OCC(F)F. The Morgan fingerprint density at radius 2 is 1.81 bits per heavy atom. The van der Waals surface area contributed by atoms with Crippen molar-refractivity contribution in [2.24, 2.45) is 5.73 Å². The van der Waals surface area contributed by atoms with E-state index in [1.165, 1.54) is 0 Å². The average molecular weight is 317 g/mol. The maximum atomic E-state index is 12.4. The van der Waals surface area contributed by atoms with Crippen LogP contribution < -0.4 is 14.9 Å². The molecule has 6 heteroatoms. The van der Waals surface area contributed by atoms with Crippen LogP contribution in [0.4, 0.5) is 8.78 Å². The molecule has 1 aromatic carbocycles. The monoisotopic (exact) mass is 317 g/mol. The molecule has 0 heterocycles. The first-order chi connectivity index (χ1) is 9.56. The quantitative estimate of drug-likeness (QED) is 0.801. The minimum atomic E-state index is -2.52. The van der Waals surface area contributed by atoms with E-state index >= 15 is 0 Å². The van der Waals surface area contributed by atoms with Crippen molar-refractivity contribution in [3.05, 3.63) is 23.8 Å². The highest BCUT2D eigenvalue weighted by molar-refractivity contribution is 6.74. The lowest BCUT2D eigenvalue weighted by Crippen LogP contribution is -2.44. The first-order valence-corrected chi connectivity index (χ1v) is 9.90. The lowest BCUT2D eigenvalue weighted by atomic mass is 10.2. The number of ether oxygens (including phenoxy) is 1. The molecule has 2 N–H and O–H groups in total. The lowest BCUT2D eigenvalue weighted by molar-refractivity contribution is 0.0809. The van der Waals surface area contributed by atoms with Gasteiger partial charge in [-0.25, -0.2) is 8.78 Å². The minimum Gasteiger partial charge on any atom is -0.541 e. The minimum absolute atomic E-state index is 0.0134. The molecule has 0 saturated carbocycles. The van der Waals surface area contributed by atoms with E-state index < -0.39 is 21.3 Å². The lowest BCUT2D eigenvalue weighted by Gasteiger charge is -2.36. The van der Waals surface area contributed by atoms with E-state index in [0.29, 0.717) is 18.0 Å². The maximum Gasteiger partial charge on any atom is 0.272 e. The molecule has 0 aliphatic carbocycles. The molecule has 0 spiro atoms. The highest BCUT2D eigenvalue weighted by atomic mass is 28.4. The largest absolute Gasteiger partial charge is 0.541 e. The second kappa shape index (κ2) is 6.75. The fraction of sp³-hybridized carbons (Fsp3) is 0.600. The molecule has 120 valence electrons. The Morgan fingerprint density at radius 3 is 2.29 bits per heavy atom. The van der Waals surface area contributed by atoms with E-state index in [2.05, 4.69) is 33.9 Å². The number of rotatable bonds is 6. The molecule has 0 fully saturated rings. The van der Waals surface area contributed by atoms with E-state index in [1.807, 2.05) is 6.07 Å². The Labute approximate surface area is 126 Å². The Morgan fingerprint density at radius 1 is 1.19 bits per heavy atom. The topological polar surface area (TPSA) is 44.5 Å². The zero-order valence-electron chi connectivity index (χ0n) is 13.4. The smallest absolute Gasteiger partial charge is 0.272 e. The fourth-order valence-corrected chi connectivity index (χ4v) is 2.48.